The van der Waals surface area contributed by atoms with Gasteiger partial charge in [-0.25, -0.2) is 0 Å². The first-order chi connectivity index (χ1) is 15.1. The molecule has 3 N–H and O–H groups in total. The molecule has 0 unspecified atom stereocenters. The lowest BCUT2D eigenvalue weighted by Gasteiger charge is -2.38. The van der Waals surface area contributed by atoms with Crippen molar-refractivity contribution in [1.29, 1.82) is 0 Å². The maximum atomic E-state index is 12.8. The van der Waals surface area contributed by atoms with Crippen LogP contribution in [0.15, 0.2) is 42.5 Å². The number of halogens is 1. The molecule has 9 nitrogen and oxygen atoms in total. The largest absolute Gasteiger partial charge is 0.480 e. The minimum absolute atomic E-state index is 0.0224. The van der Waals surface area contributed by atoms with E-state index in [4.69, 9.17) is 21.4 Å². The molecule has 0 spiro atoms. The molecule has 0 aliphatic carbocycles. The Bertz CT molecular complexity index is 1070. The highest BCUT2D eigenvalue weighted by Crippen LogP contribution is 2.39. The van der Waals surface area contributed by atoms with Crippen LogP contribution in [0.5, 0.6) is 5.75 Å². The van der Waals surface area contributed by atoms with E-state index in [1.165, 1.54) is 29.2 Å². The zero-order chi connectivity index (χ0) is 23.5. The van der Waals surface area contributed by atoms with E-state index in [0.29, 0.717) is 22.1 Å². The number of hydrogen-bond acceptors (Lipinski definition) is 5. The van der Waals surface area contributed by atoms with Gasteiger partial charge >= 0.3 is 5.97 Å². The number of ether oxygens (including phenoxy) is 1. The molecule has 0 aromatic heterocycles. The number of hydrogen-bond donors (Lipinski definition) is 3. The summed E-state index contributed by atoms with van der Waals surface area (Å²) < 4.78 is 5.76. The molecule has 3 amide bonds. The van der Waals surface area contributed by atoms with E-state index in [2.05, 4.69) is 10.6 Å². The van der Waals surface area contributed by atoms with Crippen molar-refractivity contribution < 1.29 is 29.0 Å². The fourth-order valence-electron chi connectivity index (χ4n) is 3.16. The average molecular weight is 460 g/mol. The number of carbonyl (C=O) groups is 4. The summed E-state index contributed by atoms with van der Waals surface area (Å²) in [6, 6.07) is 11.0. The van der Waals surface area contributed by atoms with Crippen molar-refractivity contribution in [3.63, 3.8) is 0 Å². The Labute approximate surface area is 189 Å². The number of carbonyl (C=O) groups excluding carboxylic acids is 3. The van der Waals surface area contributed by atoms with Crippen molar-refractivity contribution in [3.8, 4) is 5.75 Å². The fourth-order valence-corrected chi connectivity index (χ4v) is 3.33. The summed E-state index contributed by atoms with van der Waals surface area (Å²) in [6.07, 6.45) is 0.0224. The summed E-state index contributed by atoms with van der Waals surface area (Å²) in [5, 5.41) is 14.0. The summed E-state index contributed by atoms with van der Waals surface area (Å²) in [7, 11) is 0. The lowest BCUT2D eigenvalue weighted by atomic mass is 10.0. The molecule has 32 heavy (non-hydrogen) atoms. The van der Waals surface area contributed by atoms with Crippen molar-refractivity contribution in [2.45, 2.75) is 25.9 Å². The van der Waals surface area contributed by atoms with Crippen LogP contribution in [-0.2, 0) is 14.4 Å². The molecule has 0 fully saturated rings. The number of benzene rings is 2. The fraction of sp³-hybridized carbons (Fsp3) is 0.273. The normalized spacial score (nSPS) is 14.2. The smallest absolute Gasteiger partial charge is 0.322 e. The number of rotatable bonds is 7. The van der Waals surface area contributed by atoms with E-state index in [1.807, 2.05) is 0 Å². The van der Waals surface area contributed by atoms with Crippen molar-refractivity contribution in [2.75, 3.05) is 23.3 Å². The lowest BCUT2D eigenvalue weighted by molar-refractivity contribution is -0.136. The molecule has 0 bridgehead atoms. The quantitative estimate of drug-likeness (QED) is 0.584. The first kappa shape index (κ1) is 23.1. The van der Waals surface area contributed by atoms with Gasteiger partial charge in [0.15, 0.2) is 5.60 Å². The van der Waals surface area contributed by atoms with Gasteiger partial charge in [0.25, 0.3) is 11.8 Å². The molecule has 0 radical (unpaired) electrons. The minimum Gasteiger partial charge on any atom is -0.480 e. The van der Waals surface area contributed by atoms with Gasteiger partial charge in [0.05, 0.1) is 5.69 Å². The van der Waals surface area contributed by atoms with Gasteiger partial charge in [-0.15, -0.1) is 0 Å². The number of nitrogens with one attached hydrogen (secondary N) is 2. The Balaban J connectivity index is 1.62. The third-order valence-corrected chi connectivity index (χ3v) is 4.97. The van der Waals surface area contributed by atoms with Gasteiger partial charge in [0.1, 0.15) is 12.3 Å². The standard InChI is InChI=1S/C22H22ClN3O6/c1-22(2)21(31)26(16-11-14(23)5-8-17(16)32-22)10-9-18(27)25-15-6-3-13(4-7-15)20(30)24-12-19(28)29/h3-8,11H,9-10,12H2,1-2H3,(H,24,30)(H,25,27)(H,28,29). The molecular weight excluding hydrogens is 438 g/mol. The average Bonchev–Trinajstić information content (AvgIpc) is 2.73. The third-order valence-electron chi connectivity index (χ3n) is 4.73. The van der Waals surface area contributed by atoms with Crippen LogP contribution in [0.25, 0.3) is 0 Å². The highest BCUT2D eigenvalue weighted by molar-refractivity contribution is 6.31. The molecule has 2 aromatic carbocycles. The molecule has 168 valence electrons. The van der Waals surface area contributed by atoms with E-state index in [1.54, 1.807) is 32.0 Å². The first-order valence-corrected chi connectivity index (χ1v) is 10.1. The molecule has 1 aliphatic heterocycles. The second-order valence-corrected chi connectivity index (χ2v) is 8.07. The molecule has 2 aromatic rings. The van der Waals surface area contributed by atoms with E-state index in [-0.39, 0.29) is 30.3 Å². The second-order valence-electron chi connectivity index (χ2n) is 7.63. The Morgan fingerprint density at radius 2 is 1.81 bits per heavy atom. The number of aliphatic carboxylic acids is 1. The highest BCUT2D eigenvalue weighted by Gasteiger charge is 2.40. The van der Waals surface area contributed by atoms with Gasteiger partial charge in [0, 0.05) is 29.2 Å². The van der Waals surface area contributed by atoms with Crippen LogP contribution < -0.4 is 20.3 Å². The molecular formula is C22H22ClN3O6. The lowest BCUT2D eigenvalue weighted by Crippen LogP contribution is -2.53. The molecule has 10 heteroatoms. The second kappa shape index (κ2) is 9.27. The van der Waals surface area contributed by atoms with E-state index in [0.717, 1.165) is 0 Å². The molecule has 1 heterocycles. The van der Waals surface area contributed by atoms with Gasteiger partial charge in [-0.3, -0.25) is 19.2 Å². The van der Waals surface area contributed by atoms with Crippen LogP contribution >= 0.6 is 11.6 Å². The number of carboxylic acids is 1. The number of anilines is 2. The Morgan fingerprint density at radius 3 is 2.47 bits per heavy atom. The zero-order valence-electron chi connectivity index (χ0n) is 17.5. The summed E-state index contributed by atoms with van der Waals surface area (Å²) in [6.45, 7) is 2.96. The predicted molar refractivity (Wildman–Crippen MR) is 118 cm³/mol. The topological polar surface area (TPSA) is 125 Å². The van der Waals surface area contributed by atoms with Gasteiger partial charge in [-0.05, 0) is 56.3 Å². The number of fused-ring (bicyclic) bond motifs is 1. The summed E-state index contributed by atoms with van der Waals surface area (Å²) in [4.78, 5) is 49.1. The van der Waals surface area contributed by atoms with Crippen LogP contribution in [0.2, 0.25) is 5.02 Å². The minimum atomic E-state index is -1.14. The van der Waals surface area contributed by atoms with Crippen LogP contribution in [0.4, 0.5) is 11.4 Å². The Morgan fingerprint density at radius 1 is 1.12 bits per heavy atom. The Kier molecular flexibility index (Phi) is 6.69. The molecule has 0 saturated carbocycles. The van der Waals surface area contributed by atoms with E-state index < -0.39 is 24.0 Å². The van der Waals surface area contributed by atoms with Crippen molar-refractivity contribution >= 4 is 46.7 Å². The van der Waals surface area contributed by atoms with E-state index in [9.17, 15) is 19.2 Å². The van der Waals surface area contributed by atoms with Gasteiger partial charge < -0.3 is 25.4 Å². The van der Waals surface area contributed by atoms with Gasteiger partial charge in [-0.1, -0.05) is 11.6 Å². The molecule has 3 rings (SSSR count). The summed E-state index contributed by atoms with van der Waals surface area (Å²) in [5.41, 5.74) is 0.154. The van der Waals surface area contributed by atoms with Gasteiger partial charge in [0.2, 0.25) is 5.91 Å². The van der Waals surface area contributed by atoms with Crippen LogP contribution in [-0.4, -0.2) is 47.5 Å². The number of nitrogens with zero attached hydrogens (tertiary/aromatic N) is 1. The number of amides is 3. The van der Waals surface area contributed by atoms with Crippen molar-refractivity contribution in [3.05, 3.63) is 53.1 Å². The summed E-state index contributed by atoms with van der Waals surface area (Å²) >= 11 is 6.07. The SMILES string of the molecule is CC1(C)Oc2ccc(Cl)cc2N(CCC(=O)Nc2ccc(C(=O)NCC(=O)O)cc2)C1=O. The van der Waals surface area contributed by atoms with Crippen LogP contribution in [0.1, 0.15) is 30.6 Å². The first-order valence-electron chi connectivity index (χ1n) is 9.77. The molecule has 1 aliphatic rings. The van der Waals surface area contributed by atoms with E-state index >= 15 is 0 Å². The summed E-state index contributed by atoms with van der Waals surface area (Å²) in [5.74, 6) is -1.77. The van der Waals surface area contributed by atoms with Crippen molar-refractivity contribution in [2.24, 2.45) is 0 Å². The Hall–Kier alpha value is -3.59. The zero-order valence-corrected chi connectivity index (χ0v) is 18.2. The predicted octanol–water partition coefficient (Wildman–Crippen LogP) is 2.69. The molecule has 0 atom stereocenters. The number of carboxylic acid groups (broad SMARTS) is 1. The molecule has 0 saturated heterocycles. The monoisotopic (exact) mass is 459 g/mol. The van der Waals surface area contributed by atoms with Crippen LogP contribution in [0.3, 0.4) is 0 Å². The maximum absolute atomic E-state index is 12.8. The maximum Gasteiger partial charge on any atom is 0.322 e. The van der Waals surface area contributed by atoms with Crippen LogP contribution in [0, 0.1) is 0 Å². The highest BCUT2D eigenvalue weighted by atomic mass is 35.5. The van der Waals surface area contributed by atoms with Crippen molar-refractivity contribution in [1.82, 2.24) is 5.32 Å². The van der Waals surface area contributed by atoms with Gasteiger partial charge in [-0.2, -0.15) is 0 Å². The third kappa shape index (κ3) is 5.36.